The lowest BCUT2D eigenvalue weighted by molar-refractivity contribution is -0.167. The molecule has 0 aromatic carbocycles. The summed E-state index contributed by atoms with van der Waals surface area (Å²) in [5, 5.41) is 0. The number of allylic oxidation sites excluding steroid dienone is 12. The summed E-state index contributed by atoms with van der Waals surface area (Å²) in [7, 11) is 0. The van der Waals surface area contributed by atoms with E-state index in [-0.39, 0.29) is 37.5 Å². The fraction of sp³-hybridized carbons (Fsp3) is 0.737. The van der Waals surface area contributed by atoms with Gasteiger partial charge in [-0.25, -0.2) is 0 Å². The molecule has 0 aliphatic rings. The fourth-order valence-corrected chi connectivity index (χ4v) is 7.22. The molecule has 0 spiro atoms. The van der Waals surface area contributed by atoms with Crippen LogP contribution in [0.4, 0.5) is 0 Å². The first kappa shape index (κ1) is 59.9. The second kappa shape index (κ2) is 51.5. The van der Waals surface area contributed by atoms with E-state index in [0.717, 1.165) is 89.9 Å². The van der Waals surface area contributed by atoms with E-state index in [4.69, 9.17) is 14.2 Å². The van der Waals surface area contributed by atoms with Crippen LogP contribution in [0.5, 0.6) is 0 Å². The smallest absolute Gasteiger partial charge is 0.306 e. The van der Waals surface area contributed by atoms with Gasteiger partial charge < -0.3 is 14.2 Å². The van der Waals surface area contributed by atoms with Crippen molar-refractivity contribution >= 4 is 17.9 Å². The number of carbonyl (C=O) groups is 3. The Morgan fingerprint density at radius 2 is 0.651 bits per heavy atom. The van der Waals surface area contributed by atoms with E-state index in [1.165, 1.54) is 116 Å². The third kappa shape index (κ3) is 49.7. The van der Waals surface area contributed by atoms with Gasteiger partial charge in [0.1, 0.15) is 13.2 Å². The van der Waals surface area contributed by atoms with Crippen LogP contribution in [0, 0.1) is 0 Å². The van der Waals surface area contributed by atoms with Crippen molar-refractivity contribution < 1.29 is 28.6 Å². The van der Waals surface area contributed by atoms with E-state index >= 15 is 0 Å². The molecule has 0 saturated carbocycles. The maximum atomic E-state index is 12.8. The van der Waals surface area contributed by atoms with Gasteiger partial charge in [0, 0.05) is 19.3 Å². The van der Waals surface area contributed by atoms with Gasteiger partial charge in [0.2, 0.25) is 0 Å². The van der Waals surface area contributed by atoms with Crippen molar-refractivity contribution in [2.75, 3.05) is 13.2 Å². The van der Waals surface area contributed by atoms with E-state index in [1.54, 1.807) is 0 Å². The van der Waals surface area contributed by atoms with Gasteiger partial charge in [0.25, 0.3) is 0 Å². The van der Waals surface area contributed by atoms with Crippen LogP contribution in [-0.4, -0.2) is 37.2 Å². The molecule has 0 bridgehead atoms. The fourth-order valence-electron chi connectivity index (χ4n) is 7.22. The standard InChI is InChI=1S/C57H98O6/c1-4-7-10-13-16-19-22-24-26-28-30-32-35-38-41-44-47-50-56(59)62-53-54(52-61-55(58)49-46-43-40-37-34-21-18-15-12-9-6-3)63-57(60)51-48-45-42-39-36-33-31-29-27-25-23-20-17-14-11-8-5-2/h8,11,15,17-18,20,25,27,31,33,39,42,54H,4-7,9-10,12-14,16,19,21-24,26,28-30,32,34-38,40-41,43-53H2,1-3H3/b11-8-,18-15-,20-17-,27-25-,33-31-,42-39-/t54-/m1/s1. The molecule has 0 radical (unpaired) electrons. The molecule has 0 aromatic rings. The number of hydrogen-bond acceptors (Lipinski definition) is 6. The van der Waals surface area contributed by atoms with Crippen molar-refractivity contribution in [3.63, 3.8) is 0 Å². The molecule has 6 heteroatoms. The Hall–Kier alpha value is -3.15. The SMILES string of the molecule is CC/C=C\C/C=C\C/C=C\C/C=C\C/C=C\CCCC(=O)O[C@H](COC(=O)CCCCCCC/C=C\CCCC)COC(=O)CCCCCCCCCCCCCCCCCCC. The maximum absolute atomic E-state index is 12.8. The zero-order valence-corrected chi connectivity index (χ0v) is 41.3. The summed E-state index contributed by atoms with van der Waals surface area (Å²) in [6.45, 7) is 6.44. The van der Waals surface area contributed by atoms with Crippen LogP contribution in [0.15, 0.2) is 72.9 Å². The zero-order chi connectivity index (χ0) is 45.8. The summed E-state index contributed by atoms with van der Waals surface area (Å²) in [6, 6.07) is 0. The van der Waals surface area contributed by atoms with Crippen LogP contribution in [-0.2, 0) is 28.6 Å². The predicted octanol–water partition coefficient (Wildman–Crippen LogP) is 17.4. The van der Waals surface area contributed by atoms with E-state index < -0.39 is 6.10 Å². The van der Waals surface area contributed by atoms with Crippen LogP contribution < -0.4 is 0 Å². The van der Waals surface area contributed by atoms with Gasteiger partial charge >= 0.3 is 17.9 Å². The predicted molar refractivity (Wildman–Crippen MR) is 270 cm³/mol. The highest BCUT2D eigenvalue weighted by Gasteiger charge is 2.19. The molecular formula is C57H98O6. The van der Waals surface area contributed by atoms with Crippen LogP contribution in [0.2, 0.25) is 0 Å². The van der Waals surface area contributed by atoms with Gasteiger partial charge in [-0.15, -0.1) is 0 Å². The molecule has 362 valence electrons. The van der Waals surface area contributed by atoms with Crippen LogP contribution in [0.3, 0.4) is 0 Å². The molecular weight excluding hydrogens is 781 g/mol. The highest BCUT2D eigenvalue weighted by Crippen LogP contribution is 2.15. The molecule has 0 saturated heterocycles. The van der Waals surface area contributed by atoms with Crippen molar-refractivity contribution in [3.05, 3.63) is 72.9 Å². The Morgan fingerprint density at radius 3 is 1.08 bits per heavy atom. The molecule has 6 nitrogen and oxygen atoms in total. The number of unbranched alkanes of at least 4 members (excludes halogenated alkanes) is 24. The molecule has 0 heterocycles. The van der Waals surface area contributed by atoms with Gasteiger partial charge in [-0.2, -0.15) is 0 Å². The van der Waals surface area contributed by atoms with Gasteiger partial charge in [0.15, 0.2) is 6.10 Å². The monoisotopic (exact) mass is 879 g/mol. The van der Waals surface area contributed by atoms with Crippen LogP contribution in [0.1, 0.15) is 252 Å². The first-order valence-electron chi connectivity index (χ1n) is 26.4. The number of carbonyl (C=O) groups excluding carboxylic acids is 3. The van der Waals surface area contributed by atoms with E-state index in [1.807, 2.05) is 0 Å². The van der Waals surface area contributed by atoms with Gasteiger partial charge in [-0.05, 0) is 77.0 Å². The first-order valence-corrected chi connectivity index (χ1v) is 26.4. The largest absolute Gasteiger partial charge is 0.462 e. The van der Waals surface area contributed by atoms with Gasteiger partial charge in [0.05, 0.1) is 0 Å². The Labute approximate surface area is 389 Å². The van der Waals surface area contributed by atoms with Crippen LogP contribution in [0.25, 0.3) is 0 Å². The van der Waals surface area contributed by atoms with E-state index in [2.05, 4.69) is 93.7 Å². The van der Waals surface area contributed by atoms with Crippen molar-refractivity contribution in [3.8, 4) is 0 Å². The Bertz CT molecular complexity index is 1190. The molecule has 0 N–H and O–H groups in total. The summed E-state index contributed by atoms with van der Waals surface area (Å²) < 4.78 is 16.7. The van der Waals surface area contributed by atoms with Gasteiger partial charge in [-0.1, -0.05) is 229 Å². The maximum Gasteiger partial charge on any atom is 0.306 e. The molecule has 0 rings (SSSR count). The Morgan fingerprint density at radius 1 is 0.333 bits per heavy atom. The molecule has 0 unspecified atom stereocenters. The third-order valence-corrected chi connectivity index (χ3v) is 11.2. The lowest BCUT2D eigenvalue weighted by Crippen LogP contribution is -2.30. The number of rotatable bonds is 47. The summed E-state index contributed by atoms with van der Waals surface area (Å²) >= 11 is 0. The highest BCUT2D eigenvalue weighted by atomic mass is 16.6. The summed E-state index contributed by atoms with van der Waals surface area (Å²) in [6.07, 6.45) is 64.7. The van der Waals surface area contributed by atoms with Crippen LogP contribution >= 0.6 is 0 Å². The summed E-state index contributed by atoms with van der Waals surface area (Å²) in [5.74, 6) is -0.964. The molecule has 0 aromatic heterocycles. The number of ether oxygens (including phenoxy) is 3. The first-order chi connectivity index (χ1) is 31.0. The second-order valence-electron chi connectivity index (χ2n) is 17.4. The minimum atomic E-state index is -0.806. The number of esters is 3. The lowest BCUT2D eigenvalue weighted by Gasteiger charge is -2.18. The summed E-state index contributed by atoms with van der Waals surface area (Å²) in [5.41, 5.74) is 0. The van der Waals surface area contributed by atoms with Gasteiger partial charge in [-0.3, -0.25) is 14.4 Å². The van der Waals surface area contributed by atoms with Crippen molar-refractivity contribution in [1.29, 1.82) is 0 Å². The topological polar surface area (TPSA) is 78.9 Å². The molecule has 0 aliphatic carbocycles. The molecule has 0 amide bonds. The van der Waals surface area contributed by atoms with E-state index in [0.29, 0.717) is 19.3 Å². The lowest BCUT2D eigenvalue weighted by atomic mass is 10.0. The third-order valence-electron chi connectivity index (χ3n) is 11.2. The quantitative estimate of drug-likeness (QED) is 0.0262. The van der Waals surface area contributed by atoms with E-state index in [9.17, 15) is 14.4 Å². The molecule has 63 heavy (non-hydrogen) atoms. The Kier molecular flexibility index (Phi) is 48.9. The molecule has 0 aliphatic heterocycles. The van der Waals surface area contributed by atoms with Crippen molar-refractivity contribution in [2.45, 2.75) is 258 Å². The van der Waals surface area contributed by atoms with Crippen molar-refractivity contribution in [2.24, 2.45) is 0 Å². The zero-order valence-electron chi connectivity index (χ0n) is 41.3. The van der Waals surface area contributed by atoms with Crippen molar-refractivity contribution in [1.82, 2.24) is 0 Å². The number of hydrogen-bond donors (Lipinski definition) is 0. The molecule has 1 atom stereocenters. The average molecular weight is 879 g/mol. The summed E-state index contributed by atoms with van der Waals surface area (Å²) in [4.78, 5) is 38.0. The minimum absolute atomic E-state index is 0.0987. The Balaban J connectivity index is 4.44. The highest BCUT2D eigenvalue weighted by molar-refractivity contribution is 5.71. The minimum Gasteiger partial charge on any atom is -0.462 e. The average Bonchev–Trinajstić information content (AvgIpc) is 3.28. The normalized spacial score (nSPS) is 12.6. The molecule has 0 fully saturated rings. The second-order valence-corrected chi connectivity index (χ2v) is 17.4.